The molecule has 2 aliphatic heterocycles. The van der Waals surface area contributed by atoms with E-state index in [4.69, 9.17) is 52.1 Å². The van der Waals surface area contributed by atoms with E-state index in [0.717, 1.165) is 40.5 Å². The first kappa shape index (κ1) is 58.7. The zero-order valence-electron chi connectivity index (χ0n) is 42.4. The van der Waals surface area contributed by atoms with Crippen molar-refractivity contribution in [3.05, 3.63) is 233 Å². The van der Waals surface area contributed by atoms with E-state index < -0.39 is 67.4 Å². The van der Waals surface area contributed by atoms with Crippen LogP contribution in [-0.4, -0.2) is 86.5 Å². The lowest BCUT2D eigenvalue weighted by molar-refractivity contribution is -0.373. The van der Waals surface area contributed by atoms with Crippen LogP contribution in [0.25, 0.3) is 0 Å². The molecule has 0 saturated carbocycles. The fourth-order valence-electron chi connectivity index (χ4n) is 8.82. The Morgan fingerprint density at radius 3 is 1.16 bits per heavy atom. The number of hydrogen-bond donors (Lipinski definition) is 1. The molecule has 1 N–H and O–H groups in total. The van der Waals surface area contributed by atoms with E-state index in [-0.39, 0.29) is 58.8 Å². The van der Waals surface area contributed by atoms with E-state index in [1.807, 2.05) is 186 Å². The molecular formula is C61H62I3NO12. The lowest BCUT2D eigenvalue weighted by atomic mass is 9.96. The molecule has 4 unspecified atom stereocenters. The molecular weight excluding hydrogens is 1320 g/mol. The van der Waals surface area contributed by atoms with Crippen LogP contribution in [0.15, 0.2) is 199 Å². The highest BCUT2D eigenvalue weighted by Crippen LogP contribution is 2.37. The molecule has 0 aromatic heterocycles. The molecule has 0 aliphatic carbocycles. The number of carbonyl (C=O) groups excluding carboxylic acids is 1. The van der Waals surface area contributed by atoms with Crippen molar-refractivity contribution in [2.75, 3.05) is 13.2 Å². The van der Waals surface area contributed by atoms with Crippen LogP contribution < -0.4 is 0 Å². The number of nitrogens with one attached hydrogen (secondary N) is 1. The summed E-state index contributed by atoms with van der Waals surface area (Å²) in [6.07, 6.45) is -9.03. The van der Waals surface area contributed by atoms with Crippen LogP contribution in [0.5, 0.6) is 0 Å². The Bertz CT molecular complexity index is 2750. The van der Waals surface area contributed by atoms with Crippen LogP contribution in [0.4, 0.5) is 0 Å². The second kappa shape index (κ2) is 31.4. The number of hydrogen-bond acceptors (Lipinski definition) is 13. The fourth-order valence-corrected chi connectivity index (χ4v) is 10.4. The maximum Gasteiger partial charge on any atom is 0.303 e. The van der Waals surface area contributed by atoms with E-state index in [2.05, 4.69) is 67.8 Å². The minimum absolute atomic E-state index is 0.0295. The molecule has 6 aromatic rings. The maximum absolute atomic E-state index is 13.5. The molecule has 2 aliphatic rings. The molecule has 10 atom stereocenters. The first-order valence-electron chi connectivity index (χ1n) is 25.3. The van der Waals surface area contributed by atoms with Gasteiger partial charge in [-0.25, -0.2) is 0 Å². The Labute approximate surface area is 491 Å². The highest BCUT2D eigenvalue weighted by Gasteiger charge is 2.56. The molecule has 2 heterocycles. The lowest BCUT2D eigenvalue weighted by Gasteiger charge is -2.49. The molecule has 0 bridgehead atoms. The van der Waals surface area contributed by atoms with Gasteiger partial charge in [-0.1, -0.05) is 205 Å². The summed E-state index contributed by atoms with van der Waals surface area (Å²) >= 11 is 6.55. The lowest BCUT2D eigenvalue weighted by Crippen LogP contribution is -2.66. The van der Waals surface area contributed by atoms with Gasteiger partial charge < -0.3 is 52.1 Å². The van der Waals surface area contributed by atoms with E-state index in [1.54, 1.807) is 6.08 Å². The number of halogens is 3. The van der Waals surface area contributed by atoms with E-state index >= 15 is 0 Å². The van der Waals surface area contributed by atoms with Crippen molar-refractivity contribution in [3.8, 4) is 0 Å². The van der Waals surface area contributed by atoms with Crippen LogP contribution in [0.3, 0.4) is 0 Å². The highest BCUT2D eigenvalue weighted by molar-refractivity contribution is 14.1. The molecule has 2 fully saturated rings. The molecule has 13 nitrogen and oxygen atoms in total. The van der Waals surface area contributed by atoms with Gasteiger partial charge >= 0.3 is 5.97 Å². The predicted octanol–water partition coefficient (Wildman–Crippen LogP) is 12.6. The minimum Gasteiger partial charge on any atom is -0.454 e. The summed E-state index contributed by atoms with van der Waals surface area (Å²) in [5.41, 5.74) is 5.53. The van der Waals surface area contributed by atoms with Crippen molar-refractivity contribution >= 4 is 79.6 Å². The first-order valence-corrected chi connectivity index (χ1v) is 28.7. The Morgan fingerprint density at radius 1 is 0.455 bits per heavy atom. The zero-order chi connectivity index (χ0) is 53.6. The summed E-state index contributed by atoms with van der Waals surface area (Å²) in [6.45, 7) is 2.59. The van der Waals surface area contributed by atoms with Gasteiger partial charge in [-0.2, -0.15) is 0 Å². The fraction of sp³-hybridized carbons (Fsp3) is 0.311. The summed E-state index contributed by atoms with van der Waals surface area (Å²) in [7, 11) is 0. The smallest absolute Gasteiger partial charge is 0.303 e. The summed E-state index contributed by atoms with van der Waals surface area (Å²) in [5.74, 6) is -0.814. The second-order valence-electron chi connectivity index (χ2n) is 18.2. The molecule has 0 spiro atoms. The van der Waals surface area contributed by atoms with E-state index in [1.165, 1.54) is 6.92 Å². The summed E-state index contributed by atoms with van der Waals surface area (Å²) in [5, 5.41) is 9.29. The molecule has 2 saturated heterocycles. The van der Waals surface area contributed by atoms with Crippen molar-refractivity contribution in [2.24, 2.45) is 0 Å². The summed E-state index contributed by atoms with van der Waals surface area (Å²) < 4.78 is 78.5. The standard InChI is InChI=1S/C61H62I3NO12/c1-42(66)73-58-56(71-38-47-28-16-6-17-29-47)54(69-36-45-24-12-4-13-25-45)52(41-68-35-44-22-10-3-11-23-44)75-61(58)77-59-57(72-39-48-30-18-7-19-31-48)55(70-37-46-26-14-5-15-27-46)51(40-67-34-43-20-8-2-9-21-43)74-60(59)76-53(65)32-49(63)50(64)33-62/h2-33,51-52,54-61,65H,34-41H2,1H3/b49-32-,50-33+,65-53?/t51?,52?,54-,55-,56-,57-,58?,59?,60-,61-/m0/s1. The Hall–Kier alpha value is -4.43. The highest BCUT2D eigenvalue weighted by atomic mass is 127. The minimum atomic E-state index is -1.39. The Kier molecular flexibility index (Phi) is 23.9. The Balaban J connectivity index is 1.22. The van der Waals surface area contributed by atoms with Crippen molar-refractivity contribution in [1.29, 1.82) is 5.41 Å². The van der Waals surface area contributed by atoms with Crippen molar-refractivity contribution in [3.63, 3.8) is 0 Å². The molecule has 404 valence electrons. The number of rotatable bonds is 26. The largest absolute Gasteiger partial charge is 0.454 e. The SMILES string of the molecule is CC(=O)OC1[C@H](OC2[C@H](OC(=N)/C=C(I)/C(I)=C\I)OC(COCc3ccccc3)[C@H](OCc3ccccc3)[C@@H]2OCc2ccccc2)OC(COCc2ccccc2)[C@H](OCc2ccccc2)[C@@H]1OCc1ccccc1. The topological polar surface area (TPSA) is 142 Å². The molecule has 8 rings (SSSR count). The van der Waals surface area contributed by atoms with Crippen LogP contribution >= 0.6 is 67.8 Å². The van der Waals surface area contributed by atoms with Gasteiger partial charge in [0.05, 0.1) is 52.9 Å². The van der Waals surface area contributed by atoms with Crippen LogP contribution in [0, 0.1) is 5.41 Å². The van der Waals surface area contributed by atoms with Crippen molar-refractivity contribution in [1.82, 2.24) is 0 Å². The maximum atomic E-state index is 13.5. The van der Waals surface area contributed by atoms with Gasteiger partial charge in [0.2, 0.25) is 12.2 Å². The van der Waals surface area contributed by atoms with Gasteiger partial charge in [-0.15, -0.1) is 0 Å². The van der Waals surface area contributed by atoms with Gasteiger partial charge in [-0.3, -0.25) is 10.2 Å². The molecule has 0 radical (unpaired) electrons. The van der Waals surface area contributed by atoms with Gasteiger partial charge in [0.1, 0.15) is 36.6 Å². The average Bonchev–Trinajstić information content (AvgIpc) is 3.48. The van der Waals surface area contributed by atoms with Gasteiger partial charge in [-0.05, 0) is 82.6 Å². The normalized spacial score (nSPS) is 23.7. The van der Waals surface area contributed by atoms with Crippen molar-refractivity contribution in [2.45, 2.75) is 108 Å². The van der Waals surface area contributed by atoms with Crippen LogP contribution in [0.2, 0.25) is 0 Å². The van der Waals surface area contributed by atoms with Gasteiger partial charge in [0.15, 0.2) is 18.5 Å². The number of ether oxygens (including phenoxy) is 11. The molecule has 77 heavy (non-hydrogen) atoms. The quantitative estimate of drug-likeness (QED) is 0.0182. The average molecular weight is 1380 g/mol. The van der Waals surface area contributed by atoms with E-state index in [0.29, 0.717) is 0 Å². The summed E-state index contributed by atoms with van der Waals surface area (Å²) in [4.78, 5) is 13.5. The number of benzene rings is 6. The molecule has 6 aromatic carbocycles. The second-order valence-corrected chi connectivity index (χ2v) is 21.2. The van der Waals surface area contributed by atoms with Crippen molar-refractivity contribution < 1.29 is 56.9 Å². The number of allylic oxidation sites excluding steroid dienone is 2. The molecule has 16 heteroatoms. The van der Waals surface area contributed by atoms with Crippen LogP contribution in [-0.2, 0) is 96.5 Å². The first-order chi connectivity index (χ1) is 37.7. The van der Waals surface area contributed by atoms with Crippen LogP contribution in [0.1, 0.15) is 40.3 Å². The number of esters is 1. The number of carbonyl (C=O) groups is 1. The Morgan fingerprint density at radius 2 is 0.792 bits per heavy atom. The monoisotopic (exact) mass is 1380 g/mol. The predicted molar refractivity (Wildman–Crippen MR) is 317 cm³/mol. The third kappa shape index (κ3) is 18.3. The third-order valence-electron chi connectivity index (χ3n) is 12.5. The van der Waals surface area contributed by atoms with Gasteiger partial charge in [0.25, 0.3) is 0 Å². The molecule has 0 amide bonds. The summed E-state index contributed by atoms with van der Waals surface area (Å²) in [6, 6.07) is 58.8. The van der Waals surface area contributed by atoms with Gasteiger partial charge in [0, 0.05) is 20.2 Å². The third-order valence-corrected chi connectivity index (χ3v) is 17.2. The van der Waals surface area contributed by atoms with E-state index in [9.17, 15) is 10.2 Å². The zero-order valence-corrected chi connectivity index (χ0v) is 48.9.